The topological polar surface area (TPSA) is 29.0 Å². The molecule has 0 saturated heterocycles. The van der Waals surface area contributed by atoms with E-state index >= 15 is 0 Å². The van der Waals surface area contributed by atoms with Crippen molar-refractivity contribution in [2.45, 2.75) is 29.0 Å². The van der Waals surface area contributed by atoms with Crippen molar-refractivity contribution in [3.63, 3.8) is 0 Å². The molecule has 152 valence electrons. The molecule has 6 heteroatoms. The third kappa shape index (κ3) is 5.46. The highest BCUT2D eigenvalue weighted by Crippen LogP contribution is 2.28. The molecule has 0 aliphatic rings. The van der Waals surface area contributed by atoms with Gasteiger partial charge in [-0.2, -0.15) is 0 Å². The van der Waals surface area contributed by atoms with Crippen LogP contribution >= 0.6 is 35.0 Å². The van der Waals surface area contributed by atoms with Crippen LogP contribution in [-0.2, 0) is 13.1 Å². The van der Waals surface area contributed by atoms with E-state index in [1.165, 1.54) is 15.4 Å². The second kappa shape index (κ2) is 9.71. The highest BCUT2D eigenvalue weighted by Gasteiger charge is 2.16. The molecule has 0 radical (unpaired) electrons. The fourth-order valence-electron chi connectivity index (χ4n) is 3.21. The number of aliphatic hydroxyl groups is 1. The Morgan fingerprint density at radius 3 is 2.40 bits per heavy atom. The number of benzene rings is 3. The van der Waals surface area contributed by atoms with Crippen LogP contribution in [0.25, 0.3) is 0 Å². The number of nitrogens with zero attached hydrogens (tertiary/aromatic N) is 2. The van der Waals surface area contributed by atoms with Crippen molar-refractivity contribution in [3.05, 3.63) is 113 Å². The van der Waals surface area contributed by atoms with E-state index in [9.17, 15) is 5.11 Å². The second-order valence-electron chi connectivity index (χ2n) is 7.02. The predicted octanol–water partition coefficient (Wildman–Crippen LogP) is 6.02. The standard InChI is InChI=1S/C24H21Cl2N2OS/c25-19-8-11-22(23(26)14-19)24(29)16-28-13-12-27(17-28)15-18-6-9-21(10-7-18)30-20-4-2-1-3-5-20/h1-14,17,24,29H,15-16H2/q+1. The van der Waals surface area contributed by atoms with Crippen molar-refractivity contribution in [3.8, 4) is 0 Å². The first-order valence-electron chi connectivity index (χ1n) is 9.56. The van der Waals surface area contributed by atoms with E-state index in [-0.39, 0.29) is 0 Å². The summed E-state index contributed by atoms with van der Waals surface area (Å²) in [5.74, 6) is 0. The Balaban J connectivity index is 1.37. The lowest BCUT2D eigenvalue weighted by Crippen LogP contribution is -2.31. The molecule has 0 aliphatic heterocycles. The first-order chi connectivity index (χ1) is 14.6. The van der Waals surface area contributed by atoms with Crippen LogP contribution in [0.2, 0.25) is 10.0 Å². The Hall–Kier alpha value is -2.24. The van der Waals surface area contributed by atoms with Gasteiger partial charge in [0.15, 0.2) is 0 Å². The van der Waals surface area contributed by atoms with E-state index in [1.54, 1.807) is 30.0 Å². The summed E-state index contributed by atoms with van der Waals surface area (Å²) in [6.07, 6.45) is 5.24. The van der Waals surface area contributed by atoms with Gasteiger partial charge in [0.1, 0.15) is 31.6 Å². The molecular formula is C24H21Cl2N2OS+. The average Bonchev–Trinajstić information content (AvgIpc) is 3.17. The molecule has 0 aliphatic carbocycles. The van der Waals surface area contributed by atoms with E-state index < -0.39 is 6.10 Å². The van der Waals surface area contributed by atoms with Crippen molar-refractivity contribution in [2.24, 2.45) is 0 Å². The Labute approximate surface area is 190 Å². The largest absolute Gasteiger partial charge is 0.384 e. The van der Waals surface area contributed by atoms with Crippen LogP contribution in [0.5, 0.6) is 0 Å². The summed E-state index contributed by atoms with van der Waals surface area (Å²) in [7, 11) is 0. The number of rotatable bonds is 7. The first kappa shape index (κ1) is 21.0. The summed E-state index contributed by atoms with van der Waals surface area (Å²) in [5, 5.41) is 11.6. The maximum Gasteiger partial charge on any atom is 0.244 e. The Bertz CT molecular complexity index is 1110. The summed E-state index contributed by atoms with van der Waals surface area (Å²) in [5.41, 5.74) is 1.89. The summed E-state index contributed by atoms with van der Waals surface area (Å²) in [6, 6.07) is 24.1. The number of hydrogen-bond donors (Lipinski definition) is 1. The summed E-state index contributed by atoms with van der Waals surface area (Å²) >= 11 is 13.9. The molecule has 4 rings (SSSR count). The van der Waals surface area contributed by atoms with E-state index in [1.807, 2.05) is 29.4 Å². The van der Waals surface area contributed by atoms with Gasteiger partial charge in [0.25, 0.3) is 0 Å². The normalized spacial score (nSPS) is 12.1. The second-order valence-corrected chi connectivity index (χ2v) is 9.01. The van der Waals surface area contributed by atoms with E-state index in [2.05, 4.69) is 53.1 Å². The maximum atomic E-state index is 10.5. The average molecular weight is 456 g/mol. The number of aliphatic hydroxyl groups excluding tert-OH is 1. The molecule has 1 atom stereocenters. The molecule has 0 saturated carbocycles. The molecule has 0 bridgehead atoms. The van der Waals surface area contributed by atoms with Gasteiger partial charge in [0, 0.05) is 25.4 Å². The molecular weight excluding hydrogens is 435 g/mol. The van der Waals surface area contributed by atoms with Gasteiger partial charge < -0.3 is 5.11 Å². The van der Waals surface area contributed by atoms with E-state index in [4.69, 9.17) is 23.2 Å². The SMILES string of the molecule is OC(Cn1cc[n+](Cc2ccc(Sc3ccccc3)cc2)c1)c1ccc(Cl)cc1Cl. The van der Waals surface area contributed by atoms with Crippen LogP contribution in [0.4, 0.5) is 0 Å². The van der Waals surface area contributed by atoms with Crippen molar-refractivity contribution < 1.29 is 9.67 Å². The van der Waals surface area contributed by atoms with Gasteiger partial charge in [-0.25, -0.2) is 9.13 Å². The minimum absolute atomic E-state index is 0.418. The molecule has 1 N–H and O–H groups in total. The molecule has 4 aromatic rings. The third-order valence-corrected chi connectivity index (χ3v) is 6.30. The summed E-state index contributed by atoms with van der Waals surface area (Å²) in [4.78, 5) is 2.45. The molecule has 0 fully saturated rings. The van der Waals surface area contributed by atoms with Crippen molar-refractivity contribution >= 4 is 35.0 Å². The summed E-state index contributed by atoms with van der Waals surface area (Å²) in [6.45, 7) is 1.18. The lowest BCUT2D eigenvalue weighted by molar-refractivity contribution is -0.687. The minimum atomic E-state index is -0.704. The van der Waals surface area contributed by atoms with Crippen LogP contribution in [-0.4, -0.2) is 9.67 Å². The zero-order chi connectivity index (χ0) is 20.9. The molecule has 0 spiro atoms. The van der Waals surface area contributed by atoms with Crippen LogP contribution in [0.1, 0.15) is 17.2 Å². The molecule has 3 aromatic carbocycles. The van der Waals surface area contributed by atoms with Crippen LogP contribution in [0, 0.1) is 0 Å². The minimum Gasteiger partial charge on any atom is -0.384 e. The van der Waals surface area contributed by atoms with Gasteiger partial charge in [-0.3, -0.25) is 0 Å². The number of halogens is 2. The highest BCUT2D eigenvalue weighted by molar-refractivity contribution is 7.99. The van der Waals surface area contributed by atoms with Gasteiger partial charge in [-0.15, -0.1) is 0 Å². The lowest BCUT2D eigenvalue weighted by Gasteiger charge is -2.10. The lowest BCUT2D eigenvalue weighted by atomic mass is 10.1. The van der Waals surface area contributed by atoms with Crippen molar-refractivity contribution in [1.82, 2.24) is 4.57 Å². The number of hydrogen-bond acceptors (Lipinski definition) is 2. The molecule has 1 heterocycles. The van der Waals surface area contributed by atoms with Gasteiger partial charge in [0.2, 0.25) is 6.33 Å². The summed E-state index contributed by atoms with van der Waals surface area (Å²) < 4.78 is 4.05. The fraction of sp³-hybridized carbons (Fsp3) is 0.125. The zero-order valence-electron chi connectivity index (χ0n) is 16.2. The number of aromatic nitrogens is 2. The molecule has 1 unspecified atom stereocenters. The van der Waals surface area contributed by atoms with E-state index in [0.717, 1.165) is 6.54 Å². The van der Waals surface area contributed by atoms with Crippen LogP contribution in [0.3, 0.4) is 0 Å². The van der Waals surface area contributed by atoms with E-state index in [0.29, 0.717) is 22.2 Å². The van der Waals surface area contributed by atoms with Crippen molar-refractivity contribution in [1.29, 1.82) is 0 Å². The van der Waals surface area contributed by atoms with Crippen LogP contribution in [0.15, 0.2) is 101 Å². The monoisotopic (exact) mass is 455 g/mol. The molecule has 1 aromatic heterocycles. The highest BCUT2D eigenvalue weighted by atomic mass is 35.5. The third-order valence-electron chi connectivity index (χ3n) is 4.72. The van der Waals surface area contributed by atoms with Crippen LogP contribution < -0.4 is 4.57 Å². The van der Waals surface area contributed by atoms with Crippen molar-refractivity contribution in [2.75, 3.05) is 0 Å². The smallest absolute Gasteiger partial charge is 0.244 e. The van der Waals surface area contributed by atoms with Gasteiger partial charge >= 0.3 is 0 Å². The Kier molecular flexibility index (Phi) is 6.80. The number of imidazole rings is 1. The predicted molar refractivity (Wildman–Crippen MR) is 122 cm³/mol. The molecule has 30 heavy (non-hydrogen) atoms. The van der Waals surface area contributed by atoms with Gasteiger partial charge in [-0.05, 0) is 42.0 Å². The maximum absolute atomic E-state index is 10.5. The van der Waals surface area contributed by atoms with Gasteiger partial charge in [-0.1, -0.05) is 71.4 Å². The molecule has 3 nitrogen and oxygen atoms in total. The Morgan fingerprint density at radius 1 is 0.933 bits per heavy atom. The quantitative estimate of drug-likeness (QED) is 0.345. The first-order valence-corrected chi connectivity index (χ1v) is 11.1. The Morgan fingerprint density at radius 2 is 1.67 bits per heavy atom. The zero-order valence-corrected chi connectivity index (χ0v) is 18.5. The molecule has 0 amide bonds. The van der Waals surface area contributed by atoms with Gasteiger partial charge in [0.05, 0.1) is 0 Å². The fourth-order valence-corrected chi connectivity index (χ4v) is 4.58.